The summed E-state index contributed by atoms with van der Waals surface area (Å²) in [4.78, 5) is 21.0. The predicted octanol–water partition coefficient (Wildman–Crippen LogP) is 5.50. The largest absolute Gasteiger partial charge is 0.301 e. The number of nitrogens with zero attached hydrogens (tertiary/aromatic N) is 3. The average molecular weight is 406 g/mol. The maximum Gasteiger partial charge on any atom is 0.301 e. The third-order valence-corrected chi connectivity index (χ3v) is 6.21. The van der Waals surface area contributed by atoms with Gasteiger partial charge in [0.15, 0.2) is 0 Å². The van der Waals surface area contributed by atoms with E-state index in [0.717, 1.165) is 43.9 Å². The first kappa shape index (κ1) is 19.8. The van der Waals surface area contributed by atoms with Gasteiger partial charge in [-0.1, -0.05) is 42.8 Å². The quantitative estimate of drug-likeness (QED) is 0.520. The van der Waals surface area contributed by atoms with Gasteiger partial charge < -0.3 is 0 Å². The van der Waals surface area contributed by atoms with Gasteiger partial charge in [0.05, 0.1) is 21.6 Å². The smallest absolute Gasteiger partial charge is 0.271 e. The van der Waals surface area contributed by atoms with Crippen LogP contribution in [0.5, 0.6) is 0 Å². The fourth-order valence-corrected chi connectivity index (χ4v) is 4.65. The van der Waals surface area contributed by atoms with Crippen LogP contribution in [0, 0.1) is 20.2 Å². The summed E-state index contributed by atoms with van der Waals surface area (Å²) in [5.41, 5.74) is 7.09. The molecule has 0 spiro atoms. The molecule has 2 aromatic rings. The average Bonchev–Trinajstić information content (AvgIpc) is 3.17. The van der Waals surface area contributed by atoms with E-state index in [2.05, 4.69) is 41.7 Å². The van der Waals surface area contributed by atoms with Gasteiger partial charge in [0, 0.05) is 11.5 Å². The van der Waals surface area contributed by atoms with Crippen LogP contribution in [0.25, 0.3) is 0 Å². The number of benzene rings is 2. The fraction of sp³-hybridized carbons (Fsp3) is 0.318. The molecular weight excluding hydrogens is 384 g/mol. The van der Waals surface area contributed by atoms with Crippen molar-refractivity contribution in [2.24, 2.45) is 5.10 Å². The Hall–Kier alpha value is -3.55. The second-order valence-electron chi connectivity index (χ2n) is 7.89. The molecular formula is C22H22N4O4. The van der Waals surface area contributed by atoms with E-state index in [-0.39, 0.29) is 22.5 Å². The lowest BCUT2D eigenvalue weighted by atomic mass is 9.67. The van der Waals surface area contributed by atoms with E-state index in [1.54, 1.807) is 0 Å². The van der Waals surface area contributed by atoms with Gasteiger partial charge >= 0.3 is 5.69 Å². The summed E-state index contributed by atoms with van der Waals surface area (Å²) in [6.07, 6.45) is 4.79. The number of hydrogen-bond acceptors (Lipinski definition) is 6. The van der Waals surface area contributed by atoms with Gasteiger partial charge in [0.25, 0.3) is 5.69 Å². The molecule has 0 saturated carbocycles. The Bertz CT molecular complexity index is 1080. The highest BCUT2D eigenvalue weighted by Gasteiger charge is 2.39. The van der Waals surface area contributed by atoms with E-state index in [4.69, 9.17) is 0 Å². The van der Waals surface area contributed by atoms with Gasteiger partial charge in [-0.3, -0.25) is 25.7 Å². The fourth-order valence-electron chi connectivity index (χ4n) is 4.65. The van der Waals surface area contributed by atoms with Crippen molar-refractivity contribution in [2.75, 3.05) is 5.43 Å². The maximum absolute atomic E-state index is 11.3. The Morgan fingerprint density at radius 3 is 2.47 bits per heavy atom. The molecule has 4 rings (SSSR count). The van der Waals surface area contributed by atoms with Crippen molar-refractivity contribution >= 4 is 22.8 Å². The first-order valence-electron chi connectivity index (χ1n) is 9.94. The van der Waals surface area contributed by atoms with E-state index < -0.39 is 9.85 Å². The minimum absolute atomic E-state index is 0.0224. The van der Waals surface area contributed by atoms with Gasteiger partial charge in [0.2, 0.25) is 0 Å². The molecule has 154 valence electrons. The summed E-state index contributed by atoms with van der Waals surface area (Å²) >= 11 is 0. The third kappa shape index (κ3) is 3.45. The lowest BCUT2D eigenvalue weighted by Crippen LogP contribution is -2.28. The monoisotopic (exact) mass is 406 g/mol. The van der Waals surface area contributed by atoms with Gasteiger partial charge in [-0.2, -0.15) is 5.10 Å². The van der Waals surface area contributed by atoms with Crippen LogP contribution in [0.1, 0.15) is 44.6 Å². The Labute approximate surface area is 173 Å². The number of nitrogens with one attached hydrogen (secondary N) is 1. The molecule has 2 aliphatic rings. The topological polar surface area (TPSA) is 111 Å². The molecule has 0 aromatic heterocycles. The zero-order valence-electron chi connectivity index (χ0n) is 16.6. The van der Waals surface area contributed by atoms with Crippen LogP contribution in [-0.4, -0.2) is 15.6 Å². The molecule has 0 radical (unpaired) electrons. The van der Waals surface area contributed by atoms with Crippen molar-refractivity contribution < 1.29 is 9.85 Å². The zero-order chi connectivity index (χ0) is 21.3. The Morgan fingerprint density at radius 1 is 1.00 bits per heavy atom. The molecule has 8 nitrogen and oxygen atoms in total. The van der Waals surface area contributed by atoms with Gasteiger partial charge in [-0.15, -0.1) is 0 Å². The first-order chi connectivity index (χ1) is 14.4. The molecule has 0 fully saturated rings. The van der Waals surface area contributed by atoms with Crippen LogP contribution in [0.2, 0.25) is 0 Å². The number of anilines is 1. The number of nitro benzene ring substituents is 2. The summed E-state index contributed by atoms with van der Waals surface area (Å²) in [6.45, 7) is 2.29. The van der Waals surface area contributed by atoms with Crippen molar-refractivity contribution in [1.82, 2.24) is 0 Å². The van der Waals surface area contributed by atoms with E-state index in [9.17, 15) is 20.2 Å². The standard InChI is InChI=1S/C22H22N4O4/c1-22(15-6-3-2-4-7-15)13-5-8-17-18(22)10-12-19(17)23-24-20-11-9-16(25(27)28)14-21(20)26(29)30/h2-4,6-7,9,11,14,24H,5,8,10,12-13H2,1H3. The molecule has 2 aromatic carbocycles. The van der Waals surface area contributed by atoms with Crippen molar-refractivity contribution in [2.45, 2.75) is 44.4 Å². The molecule has 0 heterocycles. The molecule has 8 heteroatoms. The summed E-state index contributed by atoms with van der Waals surface area (Å²) in [5.74, 6) is 0. The van der Waals surface area contributed by atoms with Crippen LogP contribution < -0.4 is 5.43 Å². The van der Waals surface area contributed by atoms with E-state index in [1.165, 1.54) is 28.8 Å². The molecule has 1 N–H and O–H groups in total. The third-order valence-electron chi connectivity index (χ3n) is 6.21. The number of nitro groups is 2. The highest BCUT2D eigenvalue weighted by atomic mass is 16.6. The second kappa shape index (κ2) is 7.70. The second-order valence-corrected chi connectivity index (χ2v) is 7.89. The maximum atomic E-state index is 11.3. The molecule has 1 atom stereocenters. The van der Waals surface area contributed by atoms with Crippen LogP contribution in [0.3, 0.4) is 0 Å². The highest BCUT2D eigenvalue weighted by molar-refractivity contribution is 6.04. The SMILES string of the molecule is CC1(c2ccccc2)CCCC2=C1CCC2=NNc1ccc([N+](=O)[O-])cc1[N+](=O)[O-]. The summed E-state index contributed by atoms with van der Waals surface area (Å²) in [5, 5.41) is 26.8. The minimum atomic E-state index is -0.650. The lowest BCUT2D eigenvalue weighted by molar-refractivity contribution is -0.393. The molecule has 0 bridgehead atoms. The number of hydrazone groups is 1. The molecule has 2 aliphatic carbocycles. The summed E-state index contributed by atoms with van der Waals surface area (Å²) < 4.78 is 0. The van der Waals surface area contributed by atoms with Crippen LogP contribution in [0.4, 0.5) is 17.1 Å². The molecule has 0 saturated heterocycles. The Morgan fingerprint density at radius 2 is 1.77 bits per heavy atom. The van der Waals surface area contributed by atoms with Gasteiger partial charge in [0.1, 0.15) is 5.69 Å². The minimum Gasteiger partial charge on any atom is -0.271 e. The van der Waals surface area contributed by atoms with Crippen LogP contribution >= 0.6 is 0 Å². The highest BCUT2D eigenvalue weighted by Crippen LogP contribution is 2.48. The van der Waals surface area contributed by atoms with E-state index >= 15 is 0 Å². The summed E-state index contributed by atoms with van der Waals surface area (Å²) in [7, 11) is 0. The molecule has 0 aliphatic heterocycles. The van der Waals surface area contributed by atoms with E-state index in [1.807, 2.05) is 6.07 Å². The zero-order valence-corrected chi connectivity index (χ0v) is 16.6. The molecule has 1 unspecified atom stereocenters. The van der Waals surface area contributed by atoms with Crippen molar-refractivity contribution in [1.29, 1.82) is 0 Å². The summed E-state index contributed by atoms with van der Waals surface area (Å²) in [6, 6.07) is 14.0. The number of hydrogen-bond donors (Lipinski definition) is 1. The van der Waals surface area contributed by atoms with Crippen molar-refractivity contribution in [3.05, 3.63) is 85.5 Å². The normalized spacial score (nSPS) is 22.1. The lowest BCUT2D eigenvalue weighted by Gasteiger charge is -2.36. The molecule has 0 amide bonds. The van der Waals surface area contributed by atoms with Crippen molar-refractivity contribution in [3.8, 4) is 0 Å². The molecule has 30 heavy (non-hydrogen) atoms. The predicted molar refractivity (Wildman–Crippen MR) is 115 cm³/mol. The Balaban J connectivity index is 1.65. The van der Waals surface area contributed by atoms with E-state index in [0.29, 0.717) is 0 Å². The van der Waals surface area contributed by atoms with Gasteiger partial charge in [-0.05, 0) is 49.3 Å². The number of non-ortho nitro benzene ring substituents is 1. The van der Waals surface area contributed by atoms with Crippen LogP contribution in [-0.2, 0) is 5.41 Å². The Kier molecular flexibility index (Phi) is 5.07. The van der Waals surface area contributed by atoms with Crippen LogP contribution in [0.15, 0.2) is 64.8 Å². The number of rotatable bonds is 5. The van der Waals surface area contributed by atoms with Crippen molar-refractivity contribution in [3.63, 3.8) is 0 Å². The number of allylic oxidation sites excluding steroid dienone is 2. The van der Waals surface area contributed by atoms with Gasteiger partial charge in [-0.25, -0.2) is 0 Å². The first-order valence-corrected chi connectivity index (χ1v) is 9.94.